The molecule has 0 aliphatic heterocycles. The van der Waals surface area contributed by atoms with Gasteiger partial charge in [0, 0.05) is 12.8 Å². The van der Waals surface area contributed by atoms with Crippen molar-refractivity contribution in [2.45, 2.75) is 212 Å². The molecule has 59 heavy (non-hydrogen) atoms. The number of phosphoric acid groups is 1. The van der Waals surface area contributed by atoms with Crippen LogP contribution in [0.5, 0.6) is 0 Å². The van der Waals surface area contributed by atoms with Crippen LogP contribution in [-0.4, -0.2) is 59.9 Å². The molecule has 3 atom stereocenters. The molecule has 0 rings (SSSR count). The second-order valence-corrected chi connectivity index (χ2v) is 17.0. The monoisotopic (exact) mass is 854 g/mol. The summed E-state index contributed by atoms with van der Waals surface area (Å²) in [6, 6.07) is -1.53. The van der Waals surface area contributed by atoms with E-state index < -0.39 is 51.1 Å². The van der Waals surface area contributed by atoms with Crippen LogP contribution in [0.3, 0.4) is 0 Å². The molecule has 342 valence electrons. The molecule has 0 aromatic rings. The fourth-order valence-corrected chi connectivity index (χ4v) is 7.01. The van der Waals surface area contributed by atoms with Gasteiger partial charge in [0.2, 0.25) is 0 Å². The number of aliphatic carboxylic acids is 1. The Kier molecular flexibility index (Phi) is 40.3. The van der Waals surface area contributed by atoms with Crippen molar-refractivity contribution in [1.82, 2.24) is 0 Å². The molecule has 0 radical (unpaired) electrons. The smallest absolute Gasteiger partial charge is 0.472 e. The second-order valence-electron chi connectivity index (χ2n) is 15.5. The first-order chi connectivity index (χ1) is 28.6. The van der Waals surface area contributed by atoms with Gasteiger partial charge in [0.15, 0.2) is 6.10 Å². The number of unbranched alkanes of at least 4 members (excludes halogenated alkanes) is 21. The summed E-state index contributed by atoms with van der Waals surface area (Å²) in [4.78, 5) is 46.0. The highest BCUT2D eigenvalue weighted by molar-refractivity contribution is 7.47. The van der Waals surface area contributed by atoms with Crippen molar-refractivity contribution in [2.75, 3.05) is 19.8 Å². The van der Waals surface area contributed by atoms with Gasteiger partial charge in [0.25, 0.3) is 0 Å². The number of allylic oxidation sites excluding steroid dienone is 8. The predicted octanol–water partition coefficient (Wildman–Crippen LogP) is 12.6. The van der Waals surface area contributed by atoms with Crippen LogP contribution in [0.4, 0.5) is 0 Å². The van der Waals surface area contributed by atoms with Crippen molar-refractivity contribution in [3.63, 3.8) is 0 Å². The van der Waals surface area contributed by atoms with E-state index >= 15 is 0 Å². The van der Waals surface area contributed by atoms with Crippen molar-refractivity contribution in [3.8, 4) is 0 Å². The number of hydrogen-bond acceptors (Lipinski definition) is 9. The average molecular weight is 854 g/mol. The number of hydrogen-bond donors (Lipinski definition) is 3. The fourth-order valence-electron chi connectivity index (χ4n) is 6.23. The van der Waals surface area contributed by atoms with Gasteiger partial charge in [-0.1, -0.05) is 184 Å². The lowest BCUT2D eigenvalue weighted by atomic mass is 10.0. The van der Waals surface area contributed by atoms with E-state index in [-0.39, 0.29) is 19.4 Å². The minimum Gasteiger partial charge on any atom is -0.480 e. The fraction of sp³-hybridized carbons (Fsp3) is 0.766. The lowest BCUT2D eigenvalue weighted by Gasteiger charge is -2.20. The van der Waals surface area contributed by atoms with E-state index in [0.717, 1.165) is 57.8 Å². The number of carbonyl (C=O) groups is 3. The molecule has 0 aromatic carbocycles. The van der Waals surface area contributed by atoms with Crippen LogP contribution in [0.1, 0.15) is 200 Å². The van der Waals surface area contributed by atoms with Gasteiger partial charge >= 0.3 is 25.7 Å². The first kappa shape index (κ1) is 56.4. The molecule has 0 amide bonds. The van der Waals surface area contributed by atoms with Gasteiger partial charge in [0.05, 0.1) is 13.2 Å². The molecule has 12 heteroatoms. The normalized spacial score (nSPS) is 14.1. The molecule has 0 aromatic heterocycles. The van der Waals surface area contributed by atoms with Gasteiger partial charge < -0.3 is 25.2 Å². The summed E-state index contributed by atoms with van der Waals surface area (Å²) in [5, 5.41) is 8.90. The van der Waals surface area contributed by atoms with Crippen LogP contribution in [0.2, 0.25) is 0 Å². The second kappa shape index (κ2) is 42.1. The SMILES string of the molecule is CC/C=C/C/C=C/C/C=C/C/C=C/CCCCC(=O)OC[C@H](COP(=O)(O)OC[C@H](N)C(=O)O)OC(=O)CCCCCCCCCCCCCCCCCCCCCC. The quantitative estimate of drug-likeness (QED) is 0.0231. The van der Waals surface area contributed by atoms with Gasteiger partial charge in [0.1, 0.15) is 12.6 Å². The standard InChI is InChI=1S/C47H84NO10P/c1-3-5-7-9-11-13-15-17-19-20-21-22-23-25-27-29-31-33-35-37-39-46(50)58-43(41-56-59(53,54)57-42-44(48)47(51)52)40-55-45(49)38-36-34-32-30-28-26-24-18-16-14-12-10-8-6-4-2/h6,8,12,14,18,24,28,30,43-44H,3-5,7,9-11,13,15-17,19-23,25-27,29,31-42,48H2,1-2H3,(H,51,52)(H,53,54)/b8-6+,14-12+,24-18+,30-28+/t43-,44+/m1/s1. The van der Waals surface area contributed by atoms with E-state index in [1.54, 1.807) is 0 Å². The topological polar surface area (TPSA) is 172 Å². The molecule has 0 heterocycles. The van der Waals surface area contributed by atoms with Crippen molar-refractivity contribution >= 4 is 25.7 Å². The Morgan fingerprint density at radius 2 is 0.949 bits per heavy atom. The van der Waals surface area contributed by atoms with Crippen molar-refractivity contribution in [2.24, 2.45) is 5.73 Å². The molecular formula is C47H84NO10P. The summed E-state index contributed by atoms with van der Waals surface area (Å²) < 4.78 is 32.7. The van der Waals surface area contributed by atoms with Gasteiger partial charge in [-0.25, -0.2) is 4.57 Å². The van der Waals surface area contributed by atoms with Crippen LogP contribution in [0.15, 0.2) is 48.6 Å². The highest BCUT2D eigenvalue weighted by Crippen LogP contribution is 2.43. The van der Waals surface area contributed by atoms with E-state index in [4.69, 9.17) is 24.8 Å². The zero-order valence-corrected chi connectivity index (χ0v) is 38.0. The summed E-state index contributed by atoms with van der Waals surface area (Å²) >= 11 is 0. The number of phosphoric ester groups is 1. The Morgan fingerprint density at radius 3 is 1.42 bits per heavy atom. The van der Waals surface area contributed by atoms with E-state index in [0.29, 0.717) is 12.8 Å². The van der Waals surface area contributed by atoms with E-state index in [9.17, 15) is 23.8 Å². The van der Waals surface area contributed by atoms with Crippen LogP contribution in [0, 0.1) is 0 Å². The molecule has 0 saturated carbocycles. The molecule has 11 nitrogen and oxygen atoms in total. The molecule has 0 bridgehead atoms. The Bertz CT molecular complexity index is 1190. The maximum atomic E-state index is 12.7. The highest BCUT2D eigenvalue weighted by Gasteiger charge is 2.28. The van der Waals surface area contributed by atoms with Crippen molar-refractivity contribution in [1.29, 1.82) is 0 Å². The number of rotatable bonds is 43. The number of nitrogens with two attached hydrogens (primary N) is 1. The summed E-state index contributed by atoms with van der Waals surface area (Å²) in [5.74, 6) is -2.43. The molecule has 1 unspecified atom stereocenters. The molecule has 0 aliphatic rings. The minimum absolute atomic E-state index is 0.154. The van der Waals surface area contributed by atoms with Crippen LogP contribution in [-0.2, 0) is 37.5 Å². The Labute approximate surface area is 358 Å². The van der Waals surface area contributed by atoms with E-state index in [2.05, 4.69) is 67.0 Å². The Balaban J connectivity index is 4.33. The number of carbonyl (C=O) groups excluding carboxylic acids is 2. The van der Waals surface area contributed by atoms with Crippen LogP contribution >= 0.6 is 7.82 Å². The predicted molar refractivity (Wildman–Crippen MR) is 240 cm³/mol. The molecule has 0 aliphatic carbocycles. The van der Waals surface area contributed by atoms with E-state index in [1.165, 1.54) is 103 Å². The first-order valence-corrected chi connectivity index (χ1v) is 24.7. The first-order valence-electron chi connectivity index (χ1n) is 23.2. The number of carboxylic acids is 1. The number of ether oxygens (including phenoxy) is 2. The lowest BCUT2D eigenvalue weighted by Crippen LogP contribution is -2.34. The summed E-state index contributed by atoms with van der Waals surface area (Å²) in [6.45, 7) is 2.66. The van der Waals surface area contributed by atoms with Crippen molar-refractivity contribution < 1.29 is 47.5 Å². The largest absolute Gasteiger partial charge is 0.480 e. The summed E-state index contributed by atoms with van der Waals surface area (Å²) in [6.07, 6.45) is 47.5. The molecule has 0 fully saturated rings. The molecular weight excluding hydrogens is 769 g/mol. The number of carboxylic acid groups (broad SMARTS) is 1. The van der Waals surface area contributed by atoms with Gasteiger partial charge in [-0.2, -0.15) is 0 Å². The third-order valence-corrected chi connectivity index (χ3v) is 10.8. The van der Waals surface area contributed by atoms with Crippen molar-refractivity contribution in [3.05, 3.63) is 48.6 Å². The maximum Gasteiger partial charge on any atom is 0.472 e. The lowest BCUT2D eigenvalue weighted by molar-refractivity contribution is -0.161. The van der Waals surface area contributed by atoms with E-state index in [1.807, 2.05) is 0 Å². The Morgan fingerprint density at radius 1 is 0.542 bits per heavy atom. The third kappa shape index (κ3) is 41.9. The van der Waals surface area contributed by atoms with Crippen LogP contribution in [0.25, 0.3) is 0 Å². The van der Waals surface area contributed by atoms with Gasteiger partial charge in [-0.3, -0.25) is 23.4 Å². The minimum atomic E-state index is -4.73. The average Bonchev–Trinajstić information content (AvgIpc) is 3.21. The number of esters is 2. The Hall–Kier alpha value is -2.56. The maximum absolute atomic E-state index is 12.7. The summed E-state index contributed by atoms with van der Waals surface area (Å²) in [7, 11) is -4.73. The molecule has 4 N–H and O–H groups in total. The molecule has 0 saturated heterocycles. The van der Waals surface area contributed by atoms with Gasteiger partial charge in [-0.15, -0.1) is 0 Å². The highest BCUT2D eigenvalue weighted by atomic mass is 31.2. The summed E-state index contributed by atoms with van der Waals surface area (Å²) in [5.41, 5.74) is 5.34. The zero-order valence-electron chi connectivity index (χ0n) is 37.1. The van der Waals surface area contributed by atoms with Crippen LogP contribution < -0.4 is 5.73 Å². The van der Waals surface area contributed by atoms with Gasteiger partial charge in [-0.05, 0) is 51.4 Å². The zero-order chi connectivity index (χ0) is 43.5. The molecule has 0 spiro atoms. The third-order valence-electron chi connectivity index (χ3n) is 9.84.